The van der Waals surface area contributed by atoms with Crippen LogP contribution in [-0.4, -0.2) is 27.5 Å². The van der Waals surface area contributed by atoms with Crippen molar-refractivity contribution < 1.29 is 14.3 Å². The molecule has 1 N–H and O–H groups in total. The van der Waals surface area contributed by atoms with Crippen LogP contribution in [0.2, 0.25) is 0 Å². The van der Waals surface area contributed by atoms with Gasteiger partial charge in [0.25, 0.3) is 0 Å². The minimum atomic E-state index is -0.180. The monoisotopic (exact) mass is 388 g/mol. The molecule has 0 fully saturated rings. The van der Waals surface area contributed by atoms with Gasteiger partial charge in [0, 0.05) is 5.69 Å². The van der Waals surface area contributed by atoms with E-state index in [9.17, 15) is 4.79 Å². The largest absolute Gasteiger partial charge is 0.494 e. The molecule has 0 spiro atoms. The van der Waals surface area contributed by atoms with Crippen molar-refractivity contribution in [1.82, 2.24) is 15.0 Å². The normalized spacial score (nSPS) is 10.7. The summed E-state index contributed by atoms with van der Waals surface area (Å²) in [5, 5.41) is 10.9. The van der Waals surface area contributed by atoms with Crippen molar-refractivity contribution >= 4 is 22.6 Å². The maximum atomic E-state index is 12.3. The second-order valence-electron chi connectivity index (χ2n) is 6.31. The smallest absolute Gasteiger partial charge is 0.246 e. The van der Waals surface area contributed by atoms with Crippen LogP contribution in [0.1, 0.15) is 6.92 Å². The van der Waals surface area contributed by atoms with E-state index in [1.165, 1.54) is 0 Å². The highest BCUT2D eigenvalue weighted by atomic mass is 16.5. The zero-order valence-electron chi connectivity index (χ0n) is 15.9. The van der Waals surface area contributed by atoms with Crippen LogP contribution < -0.4 is 14.8 Å². The van der Waals surface area contributed by atoms with Crippen molar-refractivity contribution in [3.63, 3.8) is 0 Å². The van der Waals surface area contributed by atoms with Crippen LogP contribution in [0.3, 0.4) is 0 Å². The lowest BCUT2D eigenvalue weighted by Gasteiger charge is -2.09. The maximum Gasteiger partial charge on any atom is 0.246 e. The summed E-state index contributed by atoms with van der Waals surface area (Å²) >= 11 is 0. The van der Waals surface area contributed by atoms with Crippen molar-refractivity contribution in [2.24, 2.45) is 0 Å². The Bertz CT molecular complexity index is 1110. The Morgan fingerprint density at radius 3 is 2.31 bits per heavy atom. The highest BCUT2D eigenvalue weighted by Crippen LogP contribution is 2.25. The number of rotatable bonds is 7. The van der Waals surface area contributed by atoms with Crippen molar-refractivity contribution in [2.45, 2.75) is 13.5 Å². The fourth-order valence-electron chi connectivity index (χ4n) is 2.88. The highest BCUT2D eigenvalue weighted by Gasteiger charge is 2.09. The molecule has 0 aliphatic carbocycles. The number of nitrogens with one attached hydrogen (secondary N) is 1. The number of ether oxygens (including phenoxy) is 2. The fraction of sp³-hybridized carbons (Fsp3) is 0.136. The Hall–Kier alpha value is -3.87. The van der Waals surface area contributed by atoms with Gasteiger partial charge in [0.15, 0.2) is 0 Å². The molecule has 7 nitrogen and oxygen atoms in total. The van der Waals surface area contributed by atoms with Gasteiger partial charge in [-0.1, -0.05) is 17.3 Å². The Labute approximate surface area is 167 Å². The first kappa shape index (κ1) is 18.5. The third-order valence-corrected chi connectivity index (χ3v) is 4.22. The summed E-state index contributed by atoms with van der Waals surface area (Å²) in [5.41, 5.74) is 2.26. The van der Waals surface area contributed by atoms with E-state index in [0.29, 0.717) is 23.8 Å². The summed E-state index contributed by atoms with van der Waals surface area (Å²) in [6.07, 6.45) is 0. The summed E-state index contributed by atoms with van der Waals surface area (Å²) < 4.78 is 12.8. The standard InChI is InChI=1S/C22H20N4O3/c1-2-28-17-11-13-19(14-12-17)29-18-9-7-16(8-10-18)23-22(27)15-26-21-6-4-3-5-20(21)24-25-26/h3-14H,2,15H2,1H3,(H,23,27). The molecule has 1 aromatic heterocycles. The summed E-state index contributed by atoms with van der Waals surface area (Å²) in [5.74, 6) is 2.01. The molecule has 0 saturated heterocycles. The second-order valence-corrected chi connectivity index (χ2v) is 6.31. The molecule has 0 bridgehead atoms. The highest BCUT2D eigenvalue weighted by molar-refractivity contribution is 5.91. The summed E-state index contributed by atoms with van der Waals surface area (Å²) in [4.78, 5) is 12.3. The first-order valence-electron chi connectivity index (χ1n) is 9.30. The van der Waals surface area contributed by atoms with Crippen molar-refractivity contribution in [3.05, 3.63) is 72.8 Å². The summed E-state index contributed by atoms with van der Waals surface area (Å²) in [6, 6.07) is 22.1. The minimum absolute atomic E-state index is 0.0882. The zero-order valence-corrected chi connectivity index (χ0v) is 15.9. The van der Waals surface area contributed by atoms with Crippen LogP contribution in [0, 0.1) is 0 Å². The van der Waals surface area contributed by atoms with Gasteiger partial charge in [0.05, 0.1) is 12.1 Å². The van der Waals surface area contributed by atoms with Gasteiger partial charge in [-0.05, 0) is 67.6 Å². The average molecular weight is 388 g/mol. The van der Waals surface area contributed by atoms with Crippen molar-refractivity contribution in [2.75, 3.05) is 11.9 Å². The first-order valence-corrected chi connectivity index (χ1v) is 9.30. The van der Waals surface area contributed by atoms with Crippen molar-refractivity contribution in [3.8, 4) is 17.2 Å². The van der Waals surface area contributed by atoms with Gasteiger partial charge in [-0.15, -0.1) is 5.10 Å². The number of carbonyl (C=O) groups excluding carboxylic acids is 1. The van der Waals surface area contributed by atoms with Crippen LogP contribution in [-0.2, 0) is 11.3 Å². The van der Waals surface area contributed by atoms with E-state index in [4.69, 9.17) is 9.47 Å². The number of anilines is 1. The van der Waals surface area contributed by atoms with E-state index in [2.05, 4.69) is 15.6 Å². The molecule has 1 heterocycles. The molecule has 0 saturated carbocycles. The topological polar surface area (TPSA) is 78.3 Å². The molecule has 4 aromatic rings. The lowest BCUT2D eigenvalue weighted by atomic mass is 10.3. The molecule has 0 atom stereocenters. The number of hydrogen-bond donors (Lipinski definition) is 1. The lowest BCUT2D eigenvalue weighted by Crippen LogP contribution is -2.19. The maximum absolute atomic E-state index is 12.3. The minimum Gasteiger partial charge on any atom is -0.494 e. The molecule has 0 radical (unpaired) electrons. The van der Waals surface area contributed by atoms with Crippen LogP contribution >= 0.6 is 0 Å². The van der Waals surface area contributed by atoms with E-state index in [0.717, 1.165) is 16.8 Å². The Balaban J connectivity index is 1.35. The molecule has 29 heavy (non-hydrogen) atoms. The van der Waals surface area contributed by atoms with E-state index in [-0.39, 0.29) is 12.5 Å². The van der Waals surface area contributed by atoms with Crippen LogP contribution in [0.4, 0.5) is 5.69 Å². The summed E-state index contributed by atoms with van der Waals surface area (Å²) in [6.45, 7) is 2.66. The van der Waals surface area contributed by atoms with Gasteiger partial charge in [-0.3, -0.25) is 4.79 Å². The third kappa shape index (κ3) is 4.52. The Morgan fingerprint density at radius 2 is 1.59 bits per heavy atom. The van der Waals surface area contributed by atoms with E-state index < -0.39 is 0 Å². The van der Waals surface area contributed by atoms with Gasteiger partial charge in [-0.2, -0.15) is 0 Å². The van der Waals surface area contributed by atoms with E-state index in [1.807, 2.05) is 55.5 Å². The molecule has 0 aliphatic rings. The van der Waals surface area contributed by atoms with E-state index >= 15 is 0 Å². The number of hydrogen-bond acceptors (Lipinski definition) is 5. The molecule has 1 amide bonds. The number of nitrogens with zero attached hydrogens (tertiary/aromatic N) is 3. The van der Waals surface area contributed by atoms with E-state index in [1.54, 1.807) is 28.9 Å². The number of fused-ring (bicyclic) bond motifs is 1. The molecule has 0 aliphatic heterocycles. The first-order chi connectivity index (χ1) is 14.2. The lowest BCUT2D eigenvalue weighted by molar-refractivity contribution is -0.116. The molecule has 0 unspecified atom stereocenters. The molecule has 4 rings (SSSR count). The van der Waals surface area contributed by atoms with Gasteiger partial charge in [0.1, 0.15) is 29.3 Å². The quantitative estimate of drug-likeness (QED) is 0.512. The summed E-state index contributed by atoms with van der Waals surface area (Å²) in [7, 11) is 0. The molecule has 3 aromatic carbocycles. The van der Waals surface area contributed by atoms with Crippen molar-refractivity contribution in [1.29, 1.82) is 0 Å². The Morgan fingerprint density at radius 1 is 0.931 bits per heavy atom. The van der Waals surface area contributed by atoms with Gasteiger partial charge < -0.3 is 14.8 Å². The SMILES string of the molecule is CCOc1ccc(Oc2ccc(NC(=O)Cn3nnc4ccccc43)cc2)cc1. The molecule has 7 heteroatoms. The number of amides is 1. The number of benzene rings is 3. The molecular weight excluding hydrogens is 368 g/mol. The fourth-order valence-corrected chi connectivity index (χ4v) is 2.88. The Kier molecular flexibility index (Phi) is 5.38. The zero-order chi connectivity index (χ0) is 20.1. The average Bonchev–Trinajstić information content (AvgIpc) is 3.14. The predicted octanol–water partition coefficient (Wildman–Crippen LogP) is 4.26. The van der Waals surface area contributed by atoms with Gasteiger partial charge >= 0.3 is 0 Å². The van der Waals surface area contributed by atoms with Crippen LogP contribution in [0.25, 0.3) is 11.0 Å². The number of para-hydroxylation sites is 1. The van der Waals surface area contributed by atoms with Gasteiger partial charge in [0.2, 0.25) is 5.91 Å². The number of carbonyl (C=O) groups is 1. The molecule has 146 valence electrons. The predicted molar refractivity (Wildman–Crippen MR) is 110 cm³/mol. The van der Waals surface area contributed by atoms with Crippen LogP contribution in [0.15, 0.2) is 72.8 Å². The number of aromatic nitrogens is 3. The van der Waals surface area contributed by atoms with Gasteiger partial charge in [-0.25, -0.2) is 4.68 Å². The van der Waals surface area contributed by atoms with Crippen LogP contribution in [0.5, 0.6) is 17.2 Å². The molecular formula is C22H20N4O3. The third-order valence-electron chi connectivity index (χ3n) is 4.22. The second kappa shape index (κ2) is 8.43.